The van der Waals surface area contributed by atoms with Crippen LogP contribution in [0.2, 0.25) is 0 Å². The molecule has 0 aliphatic heterocycles. The molecule has 0 heterocycles. The highest BCUT2D eigenvalue weighted by atomic mass is 79.9. The molecule has 18 heavy (non-hydrogen) atoms. The third-order valence-electron chi connectivity index (χ3n) is 2.98. The Balaban J connectivity index is 2.08. The Labute approximate surface area is 117 Å². The fraction of sp³-hybridized carbons (Fsp3) is 0.250. The molecule has 2 heteroatoms. The highest BCUT2D eigenvalue weighted by Crippen LogP contribution is 2.24. The van der Waals surface area contributed by atoms with E-state index in [-0.39, 0.29) is 0 Å². The molecule has 2 rings (SSSR count). The molecule has 0 amide bonds. The van der Waals surface area contributed by atoms with Crippen LogP contribution in [-0.4, -0.2) is 0 Å². The van der Waals surface area contributed by atoms with Gasteiger partial charge in [-0.1, -0.05) is 60.1 Å². The minimum absolute atomic E-state index is 0.540. The van der Waals surface area contributed by atoms with Crippen LogP contribution in [-0.2, 0) is 6.54 Å². The van der Waals surface area contributed by atoms with Gasteiger partial charge in [-0.2, -0.15) is 0 Å². The maximum atomic E-state index is 3.52. The Morgan fingerprint density at radius 2 is 1.67 bits per heavy atom. The third-order valence-corrected chi connectivity index (χ3v) is 3.51. The average molecular weight is 304 g/mol. The van der Waals surface area contributed by atoms with Crippen LogP contribution in [0.1, 0.15) is 30.9 Å². The number of nitrogens with one attached hydrogen (secondary N) is 1. The van der Waals surface area contributed by atoms with Gasteiger partial charge in [-0.15, -0.1) is 0 Å². The van der Waals surface area contributed by atoms with E-state index in [1.807, 2.05) is 0 Å². The lowest BCUT2D eigenvalue weighted by Gasteiger charge is -2.14. The molecule has 1 N–H and O–H groups in total. The minimum Gasteiger partial charge on any atom is -0.381 e. The zero-order valence-electron chi connectivity index (χ0n) is 10.8. The quantitative estimate of drug-likeness (QED) is 0.820. The second-order valence-corrected chi connectivity index (χ2v) is 5.64. The van der Waals surface area contributed by atoms with E-state index in [1.165, 1.54) is 16.8 Å². The van der Waals surface area contributed by atoms with Crippen LogP contribution < -0.4 is 5.32 Å². The molecule has 0 aliphatic rings. The Kier molecular flexibility index (Phi) is 4.43. The standard InChI is InChI=1S/C16H18BrN/c1-12(2)15-5-3-4-6-16(15)18-11-13-7-9-14(17)10-8-13/h3-10,12,18H,11H2,1-2H3. The summed E-state index contributed by atoms with van der Waals surface area (Å²) in [7, 11) is 0. The van der Waals surface area contributed by atoms with Crippen molar-refractivity contribution in [1.29, 1.82) is 0 Å². The van der Waals surface area contributed by atoms with Crippen LogP contribution in [0, 0.1) is 0 Å². The van der Waals surface area contributed by atoms with Crippen molar-refractivity contribution in [3.63, 3.8) is 0 Å². The van der Waals surface area contributed by atoms with Gasteiger partial charge in [0.2, 0.25) is 0 Å². The van der Waals surface area contributed by atoms with Crippen molar-refractivity contribution in [3.8, 4) is 0 Å². The Morgan fingerprint density at radius 1 is 1.00 bits per heavy atom. The maximum absolute atomic E-state index is 3.52. The van der Waals surface area contributed by atoms with Crippen molar-refractivity contribution in [2.24, 2.45) is 0 Å². The van der Waals surface area contributed by atoms with E-state index >= 15 is 0 Å². The Bertz CT molecular complexity index is 503. The van der Waals surface area contributed by atoms with Crippen LogP contribution in [0.4, 0.5) is 5.69 Å². The zero-order chi connectivity index (χ0) is 13.0. The molecular weight excluding hydrogens is 286 g/mol. The van der Waals surface area contributed by atoms with Crippen LogP contribution in [0.5, 0.6) is 0 Å². The molecule has 0 unspecified atom stereocenters. The number of hydrogen-bond acceptors (Lipinski definition) is 1. The second-order valence-electron chi connectivity index (χ2n) is 4.72. The third kappa shape index (κ3) is 3.36. The van der Waals surface area contributed by atoms with E-state index in [2.05, 4.69) is 83.6 Å². The summed E-state index contributed by atoms with van der Waals surface area (Å²) in [6.45, 7) is 5.30. The summed E-state index contributed by atoms with van der Waals surface area (Å²) in [5, 5.41) is 3.52. The predicted molar refractivity (Wildman–Crippen MR) is 82.0 cm³/mol. The number of para-hydroxylation sites is 1. The molecule has 2 aromatic rings. The van der Waals surface area contributed by atoms with Gasteiger partial charge < -0.3 is 5.32 Å². The van der Waals surface area contributed by atoms with Crippen molar-refractivity contribution in [1.82, 2.24) is 0 Å². The van der Waals surface area contributed by atoms with Crippen molar-refractivity contribution in [2.75, 3.05) is 5.32 Å². The van der Waals surface area contributed by atoms with Gasteiger partial charge in [0.15, 0.2) is 0 Å². The summed E-state index contributed by atoms with van der Waals surface area (Å²) in [6, 6.07) is 16.9. The molecule has 0 fully saturated rings. The monoisotopic (exact) mass is 303 g/mol. The molecule has 1 nitrogen and oxygen atoms in total. The van der Waals surface area contributed by atoms with Crippen molar-refractivity contribution in [3.05, 3.63) is 64.1 Å². The first kappa shape index (κ1) is 13.2. The van der Waals surface area contributed by atoms with Gasteiger partial charge in [-0.3, -0.25) is 0 Å². The van der Waals surface area contributed by atoms with Gasteiger partial charge in [-0.05, 0) is 35.2 Å². The molecule has 0 aliphatic carbocycles. The molecule has 2 aromatic carbocycles. The second kappa shape index (κ2) is 6.05. The van der Waals surface area contributed by atoms with E-state index in [0.717, 1.165) is 11.0 Å². The summed E-state index contributed by atoms with van der Waals surface area (Å²) in [4.78, 5) is 0. The summed E-state index contributed by atoms with van der Waals surface area (Å²) >= 11 is 3.45. The first-order valence-corrected chi connectivity index (χ1v) is 7.03. The number of anilines is 1. The fourth-order valence-electron chi connectivity index (χ4n) is 1.96. The normalized spacial score (nSPS) is 10.7. The van der Waals surface area contributed by atoms with Gasteiger partial charge >= 0.3 is 0 Å². The lowest BCUT2D eigenvalue weighted by molar-refractivity contribution is 0.865. The van der Waals surface area contributed by atoms with Crippen molar-refractivity contribution >= 4 is 21.6 Å². The predicted octanol–water partition coefficient (Wildman–Crippen LogP) is 5.18. The Hall–Kier alpha value is -1.28. The molecule has 0 radical (unpaired) electrons. The van der Waals surface area contributed by atoms with E-state index in [4.69, 9.17) is 0 Å². The van der Waals surface area contributed by atoms with Crippen LogP contribution in [0.3, 0.4) is 0 Å². The topological polar surface area (TPSA) is 12.0 Å². The van der Waals surface area contributed by atoms with E-state index in [9.17, 15) is 0 Å². The van der Waals surface area contributed by atoms with Gasteiger partial charge in [0.1, 0.15) is 0 Å². The molecule has 94 valence electrons. The van der Waals surface area contributed by atoms with Crippen molar-refractivity contribution in [2.45, 2.75) is 26.3 Å². The number of rotatable bonds is 4. The van der Waals surface area contributed by atoms with Crippen LogP contribution in [0.15, 0.2) is 53.0 Å². The molecule has 0 atom stereocenters. The Morgan fingerprint density at radius 3 is 2.33 bits per heavy atom. The lowest BCUT2D eigenvalue weighted by atomic mass is 10.0. The summed E-state index contributed by atoms with van der Waals surface area (Å²) in [5.41, 5.74) is 3.89. The number of benzene rings is 2. The number of halogens is 1. The molecule has 0 saturated heterocycles. The smallest absolute Gasteiger partial charge is 0.0400 e. The molecule has 0 bridgehead atoms. The van der Waals surface area contributed by atoms with E-state index < -0.39 is 0 Å². The molecule has 0 spiro atoms. The minimum atomic E-state index is 0.540. The van der Waals surface area contributed by atoms with Gasteiger partial charge in [0.05, 0.1) is 0 Å². The van der Waals surface area contributed by atoms with Crippen molar-refractivity contribution < 1.29 is 0 Å². The molecule has 0 aromatic heterocycles. The highest BCUT2D eigenvalue weighted by molar-refractivity contribution is 9.10. The largest absolute Gasteiger partial charge is 0.381 e. The van der Waals surface area contributed by atoms with Gasteiger partial charge in [-0.25, -0.2) is 0 Å². The van der Waals surface area contributed by atoms with E-state index in [1.54, 1.807) is 0 Å². The molecular formula is C16H18BrN. The first-order chi connectivity index (χ1) is 8.66. The summed E-state index contributed by atoms with van der Waals surface area (Å²) in [5.74, 6) is 0.540. The first-order valence-electron chi connectivity index (χ1n) is 6.24. The highest BCUT2D eigenvalue weighted by Gasteiger charge is 2.04. The molecule has 0 saturated carbocycles. The van der Waals surface area contributed by atoms with Crippen LogP contribution >= 0.6 is 15.9 Å². The SMILES string of the molecule is CC(C)c1ccccc1NCc1ccc(Br)cc1. The summed E-state index contributed by atoms with van der Waals surface area (Å²) in [6.07, 6.45) is 0. The van der Waals surface area contributed by atoms with Crippen LogP contribution in [0.25, 0.3) is 0 Å². The van der Waals surface area contributed by atoms with Gasteiger partial charge in [0.25, 0.3) is 0 Å². The van der Waals surface area contributed by atoms with E-state index in [0.29, 0.717) is 5.92 Å². The van der Waals surface area contributed by atoms with Gasteiger partial charge in [0, 0.05) is 16.7 Å². The maximum Gasteiger partial charge on any atom is 0.0400 e. The zero-order valence-corrected chi connectivity index (χ0v) is 12.4. The lowest BCUT2D eigenvalue weighted by Crippen LogP contribution is -2.03. The fourth-order valence-corrected chi connectivity index (χ4v) is 2.23. The summed E-state index contributed by atoms with van der Waals surface area (Å²) < 4.78 is 1.12. The number of hydrogen-bond donors (Lipinski definition) is 1. The average Bonchev–Trinajstić information content (AvgIpc) is 2.38.